The third kappa shape index (κ3) is 4.15. The van der Waals surface area contributed by atoms with Crippen molar-refractivity contribution >= 4 is 10.0 Å². The number of sulfonamides is 1. The molecule has 1 aromatic rings. The maximum Gasteiger partial charge on any atom is 0.573 e. The van der Waals surface area contributed by atoms with Crippen molar-refractivity contribution < 1.29 is 31.4 Å². The van der Waals surface area contributed by atoms with Crippen LogP contribution in [0.2, 0.25) is 0 Å². The van der Waals surface area contributed by atoms with Crippen LogP contribution in [0, 0.1) is 0 Å². The Kier molecular flexibility index (Phi) is 4.93. The van der Waals surface area contributed by atoms with Crippen LogP contribution in [-0.4, -0.2) is 42.9 Å². The number of ether oxygens (including phenoxy) is 1. The Morgan fingerprint density at radius 3 is 2.61 bits per heavy atom. The van der Waals surface area contributed by atoms with Gasteiger partial charge in [0.15, 0.2) is 0 Å². The monoisotopic (exact) mass is 353 g/mol. The third-order valence-electron chi connectivity index (χ3n) is 3.87. The standard InChI is InChI=1S/C14H18F3NO4S/c1-2-13(19)8-5-9-18(10-13)23(20,21)12-7-4-3-6-11(12)22-14(15,16)17/h3-4,6-7,19H,2,5,8-10H2,1H3/t13-/m0/s1. The summed E-state index contributed by atoms with van der Waals surface area (Å²) in [4.78, 5) is -0.558. The lowest BCUT2D eigenvalue weighted by Gasteiger charge is -2.38. The second kappa shape index (κ2) is 6.29. The Balaban J connectivity index is 2.37. The summed E-state index contributed by atoms with van der Waals surface area (Å²) >= 11 is 0. The zero-order chi connectivity index (χ0) is 17.3. The lowest BCUT2D eigenvalue weighted by atomic mass is 9.92. The number of β-amino-alcohol motifs (C(OH)–C–C–N with tert-alkyl or cyclic N) is 1. The van der Waals surface area contributed by atoms with Crippen molar-refractivity contribution in [1.29, 1.82) is 0 Å². The van der Waals surface area contributed by atoms with E-state index in [-0.39, 0.29) is 13.1 Å². The molecule has 1 heterocycles. The van der Waals surface area contributed by atoms with Crippen LogP contribution >= 0.6 is 0 Å². The van der Waals surface area contributed by atoms with E-state index in [0.29, 0.717) is 19.3 Å². The molecule has 1 atom stereocenters. The van der Waals surface area contributed by atoms with E-state index >= 15 is 0 Å². The number of rotatable bonds is 4. The van der Waals surface area contributed by atoms with Gasteiger partial charge in [0, 0.05) is 13.1 Å². The third-order valence-corrected chi connectivity index (χ3v) is 5.76. The van der Waals surface area contributed by atoms with Crippen LogP contribution in [0.15, 0.2) is 29.2 Å². The number of para-hydroxylation sites is 1. The Morgan fingerprint density at radius 2 is 2.00 bits per heavy atom. The molecule has 0 saturated carbocycles. The number of benzene rings is 1. The molecule has 0 aromatic heterocycles. The Labute approximate surface area is 132 Å². The molecule has 0 aliphatic carbocycles. The molecular formula is C14H18F3NO4S. The van der Waals surface area contributed by atoms with Crippen molar-refractivity contribution in [3.63, 3.8) is 0 Å². The molecule has 0 unspecified atom stereocenters. The van der Waals surface area contributed by atoms with Gasteiger partial charge in [-0.05, 0) is 31.4 Å². The van der Waals surface area contributed by atoms with Gasteiger partial charge >= 0.3 is 6.36 Å². The molecule has 1 aromatic carbocycles. The first-order chi connectivity index (χ1) is 10.6. The molecule has 2 rings (SSSR count). The summed E-state index contributed by atoms with van der Waals surface area (Å²) in [6, 6.07) is 4.61. The largest absolute Gasteiger partial charge is 0.573 e. The van der Waals surface area contributed by atoms with E-state index in [1.165, 1.54) is 12.1 Å². The van der Waals surface area contributed by atoms with E-state index < -0.39 is 32.6 Å². The number of piperidine rings is 1. The van der Waals surface area contributed by atoms with Crippen molar-refractivity contribution in [1.82, 2.24) is 4.31 Å². The van der Waals surface area contributed by atoms with Gasteiger partial charge < -0.3 is 9.84 Å². The summed E-state index contributed by atoms with van der Waals surface area (Å²) in [7, 11) is -4.20. The molecule has 1 aliphatic rings. The molecule has 9 heteroatoms. The minimum Gasteiger partial charge on any atom is -0.404 e. The van der Waals surface area contributed by atoms with Gasteiger partial charge in [-0.15, -0.1) is 13.2 Å². The Morgan fingerprint density at radius 1 is 1.35 bits per heavy atom. The number of aliphatic hydroxyl groups is 1. The minimum absolute atomic E-state index is 0.144. The SMILES string of the molecule is CC[C@]1(O)CCCN(S(=O)(=O)c2ccccc2OC(F)(F)F)C1. The molecule has 5 nitrogen and oxygen atoms in total. The van der Waals surface area contributed by atoms with Gasteiger partial charge in [-0.1, -0.05) is 19.1 Å². The minimum atomic E-state index is -4.99. The second-order valence-electron chi connectivity index (χ2n) is 5.51. The average Bonchev–Trinajstić information content (AvgIpc) is 2.46. The van der Waals surface area contributed by atoms with E-state index in [2.05, 4.69) is 4.74 Å². The Hall–Kier alpha value is -1.32. The highest BCUT2D eigenvalue weighted by molar-refractivity contribution is 7.89. The molecule has 1 aliphatic heterocycles. The first kappa shape index (κ1) is 18.0. The van der Waals surface area contributed by atoms with E-state index in [0.717, 1.165) is 16.4 Å². The van der Waals surface area contributed by atoms with Crippen LogP contribution in [0.4, 0.5) is 13.2 Å². The normalized spacial score (nSPS) is 23.7. The molecular weight excluding hydrogens is 335 g/mol. The van der Waals surface area contributed by atoms with Gasteiger partial charge in [0.2, 0.25) is 10.0 Å². The Bertz CT molecular complexity index is 662. The smallest absolute Gasteiger partial charge is 0.404 e. The lowest BCUT2D eigenvalue weighted by molar-refractivity contribution is -0.275. The van der Waals surface area contributed by atoms with Crippen LogP contribution in [0.1, 0.15) is 26.2 Å². The molecule has 1 fully saturated rings. The van der Waals surface area contributed by atoms with Crippen LogP contribution < -0.4 is 4.74 Å². The fourth-order valence-electron chi connectivity index (χ4n) is 2.58. The molecule has 130 valence electrons. The van der Waals surface area contributed by atoms with Crippen LogP contribution in [0.25, 0.3) is 0 Å². The summed E-state index contributed by atoms with van der Waals surface area (Å²) in [6.07, 6.45) is -3.74. The lowest BCUT2D eigenvalue weighted by Crippen LogP contribution is -2.49. The van der Waals surface area contributed by atoms with Gasteiger partial charge in [0.25, 0.3) is 0 Å². The van der Waals surface area contributed by atoms with E-state index in [9.17, 15) is 26.7 Å². The predicted molar refractivity (Wildman–Crippen MR) is 76.4 cm³/mol. The van der Waals surface area contributed by atoms with Crippen LogP contribution in [0.5, 0.6) is 5.75 Å². The first-order valence-electron chi connectivity index (χ1n) is 7.15. The highest BCUT2D eigenvalue weighted by atomic mass is 32.2. The van der Waals surface area contributed by atoms with Gasteiger partial charge in [0.05, 0.1) is 5.60 Å². The summed E-state index contributed by atoms with van der Waals surface area (Å²) in [5.74, 6) is -0.773. The van der Waals surface area contributed by atoms with E-state index in [4.69, 9.17) is 0 Å². The first-order valence-corrected chi connectivity index (χ1v) is 8.59. The van der Waals surface area contributed by atoms with Crippen LogP contribution in [0.3, 0.4) is 0 Å². The topological polar surface area (TPSA) is 66.8 Å². The van der Waals surface area contributed by atoms with E-state index in [1.807, 2.05) is 0 Å². The summed E-state index contributed by atoms with van der Waals surface area (Å²) in [6.45, 7) is 1.73. The molecule has 0 spiro atoms. The van der Waals surface area contributed by atoms with Crippen molar-refractivity contribution in [2.24, 2.45) is 0 Å². The number of hydrogen-bond acceptors (Lipinski definition) is 4. The van der Waals surface area contributed by atoms with E-state index in [1.54, 1.807) is 6.92 Å². The number of alkyl halides is 3. The predicted octanol–water partition coefficient (Wildman–Crippen LogP) is 2.51. The van der Waals surface area contributed by atoms with Gasteiger partial charge in [-0.25, -0.2) is 8.42 Å². The van der Waals surface area contributed by atoms with Crippen molar-refractivity contribution in [2.45, 2.75) is 43.0 Å². The van der Waals surface area contributed by atoms with Crippen molar-refractivity contribution in [3.05, 3.63) is 24.3 Å². The summed E-state index contributed by atoms with van der Waals surface area (Å²) < 4.78 is 67.5. The molecule has 1 saturated heterocycles. The zero-order valence-corrected chi connectivity index (χ0v) is 13.3. The molecule has 0 amide bonds. The van der Waals surface area contributed by atoms with Gasteiger partial charge in [-0.3, -0.25) is 0 Å². The fraction of sp³-hybridized carbons (Fsp3) is 0.571. The fourth-order valence-corrected chi connectivity index (χ4v) is 4.25. The summed E-state index contributed by atoms with van der Waals surface area (Å²) in [5, 5.41) is 10.3. The molecule has 0 radical (unpaired) electrons. The molecule has 23 heavy (non-hydrogen) atoms. The summed E-state index contributed by atoms with van der Waals surface area (Å²) in [5.41, 5.74) is -1.16. The maximum absolute atomic E-state index is 12.7. The number of halogens is 3. The molecule has 1 N–H and O–H groups in total. The number of hydrogen-bond donors (Lipinski definition) is 1. The zero-order valence-electron chi connectivity index (χ0n) is 12.5. The number of nitrogens with zero attached hydrogens (tertiary/aromatic N) is 1. The maximum atomic E-state index is 12.7. The molecule has 0 bridgehead atoms. The highest BCUT2D eigenvalue weighted by Crippen LogP contribution is 2.34. The highest BCUT2D eigenvalue weighted by Gasteiger charge is 2.40. The van der Waals surface area contributed by atoms with Crippen molar-refractivity contribution in [3.8, 4) is 5.75 Å². The van der Waals surface area contributed by atoms with Gasteiger partial charge in [-0.2, -0.15) is 4.31 Å². The second-order valence-corrected chi connectivity index (χ2v) is 7.42. The van der Waals surface area contributed by atoms with Crippen LogP contribution in [-0.2, 0) is 10.0 Å². The average molecular weight is 353 g/mol. The quantitative estimate of drug-likeness (QED) is 0.903. The van der Waals surface area contributed by atoms with Gasteiger partial charge in [0.1, 0.15) is 10.6 Å². The van der Waals surface area contributed by atoms with Crippen molar-refractivity contribution in [2.75, 3.05) is 13.1 Å².